The Balaban J connectivity index is 1.69. The van der Waals surface area contributed by atoms with Gasteiger partial charge in [0.15, 0.2) is 11.5 Å². The zero-order valence-corrected chi connectivity index (χ0v) is 12.9. The maximum absolute atomic E-state index is 12.3. The Labute approximate surface area is 125 Å². The minimum Gasteiger partial charge on any atom is -0.440 e. The summed E-state index contributed by atoms with van der Waals surface area (Å²) in [5, 5.41) is 0. The average molecular weight is 286 g/mol. The molecular weight excluding hydrogens is 264 g/mol. The summed E-state index contributed by atoms with van der Waals surface area (Å²) >= 11 is 0. The first-order chi connectivity index (χ1) is 9.95. The van der Waals surface area contributed by atoms with Crippen LogP contribution in [0.4, 0.5) is 0 Å². The number of nitrogens with zero attached hydrogens (tertiary/aromatic N) is 2. The quantitative estimate of drug-likeness (QED) is 0.805. The maximum atomic E-state index is 12.3. The molecular formula is C17H22N2O2. The van der Waals surface area contributed by atoms with E-state index in [1.54, 1.807) is 0 Å². The summed E-state index contributed by atoms with van der Waals surface area (Å²) in [6, 6.07) is 7.85. The molecule has 4 nitrogen and oxygen atoms in total. The van der Waals surface area contributed by atoms with Crippen LogP contribution in [0.25, 0.3) is 11.1 Å². The van der Waals surface area contributed by atoms with Gasteiger partial charge in [-0.05, 0) is 25.0 Å². The molecule has 1 saturated heterocycles. The number of para-hydroxylation sites is 2. The van der Waals surface area contributed by atoms with Gasteiger partial charge < -0.3 is 9.32 Å². The number of aromatic nitrogens is 1. The standard InChI is InChI=1S/C17H22N2O2/c1-17(2,3)16(20)19-10-8-12(9-11-19)15-18-13-6-4-5-7-14(13)21-15/h4-7,12H,8-11H2,1-3H3. The highest BCUT2D eigenvalue weighted by atomic mass is 16.3. The summed E-state index contributed by atoms with van der Waals surface area (Å²) in [7, 11) is 0. The summed E-state index contributed by atoms with van der Waals surface area (Å²) in [5.41, 5.74) is 1.46. The van der Waals surface area contributed by atoms with Crippen LogP contribution in [0.3, 0.4) is 0 Å². The van der Waals surface area contributed by atoms with Gasteiger partial charge in [0, 0.05) is 24.4 Å². The first-order valence-electron chi connectivity index (χ1n) is 7.60. The number of piperidine rings is 1. The Bertz CT molecular complexity index is 613. The van der Waals surface area contributed by atoms with Crippen molar-refractivity contribution in [2.24, 2.45) is 5.41 Å². The lowest BCUT2D eigenvalue weighted by molar-refractivity contribution is -0.140. The van der Waals surface area contributed by atoms with Gasteiger partial charge in [0.05, 0.1) is 0 Å². The van der Waals surface area contributed by atoms with Crippen LogP contribution in [0.2, 0.25) is 0 Å². The number of fused-ring (bicyclic) bond motifs is 1. The highest BCUT2D eigenvalue weighted by Crippen LogP contribution is 2.31. The van der Waals surface area contributed by atoms with Gasteiger partial charge in [-0.25, -0.2) is 4.98 Å². The molecule has 2 heterocycles. The second-order valence-corrected chi connectivity index (χ2v) is 6.84. The largest absolute Gasteiger partial charge is 0.440 e. The number of hydrogen-bond acceptors (Lipinski definition) is 3. The predicted molar refractivity (Wildman–Crippen MR) is 82.0 cm³/mol. The topological polar surface area (TPSA) is 46.3 Å². The third kappa shape index (κ3) is 2.80. The number of rotatable bonds is 1. The van der Waals surface area contributed by atoms with Crippen molar-refractivity contribution in [3.05, 3.63) is 30.2 Å². The van der Waals surface area contributed by atoms with Crippen molar-refractivity contribution in [1.29, 1.82) is 0 Å². The van der Waals surface area contributed by atoms with E-state index in [2.05, 4.69) is 4.98 Å². The first-order valence-corrected chi connectivity index (χ1v) is 7.60. The van der Waals surface area contributed by atoms with Gasteiger partial charge in [-0.1, -0.05) is 32.9 Å². The van der Waals surface area contributed by atoms with Crippen LogP contribution in [0.5, 0.6) is 0 Å². The van der Waals surface area contributed by atoms with Gasteiger partial charge >= 0.3 is 0 Å². The fourth-order valence-electron chi connectivity index (χ4n) is 2.87. The summed E-state index contributed by atoms with van der Waals surface area (Å²) in [6.45, 7) is 7.51. The second kappa shape index (κ2) is 5.17. The lowest BCUT2D eigenvalue weighted by Gasteiger charge is -2.34. The van der Waals surface area contributed by atoms with E-state index in [4.69, 9.17) is 4.42 Å². The van der Waals surface area contributed by atoms with Crippen LogP contribution >= 0.6 is 0 Å². The zero-order chi connectivity index (χ0) is 15.0. The van der Waals surface area contributed by atoms with Gasteiger partial charge in [-0.15, -0.1) is 0 Å². The summed E-state index contributed by atoms with van der Waals surface area (Å²) in [6.07, 6.45) is 1.85. The Morgan fingerprint density at radius 2 is 1.90 bits per heavy atom. The second-order valence-electron chi connectivity index (χ2n) is 6.84. The minimum absolute atomic E-state index is 0.235. The van der Waals surface area contributed by atoms with Gasteiger partial charge in [0.1, 0.15) is 5.52 Å². The molecule has 1 aliphatic heterocycles. The van der Waals surface area contributed by atoms with Crippen LogP contribution in [0.1, 0.15) is 45.4 Å². The van der Waals surface area contributed by atoms with E-state index in [0.717, 1.165) is 42.9 Å². The van der Waals surface area contributed by atoms with Crippen LogP contribution in [-0.4, -0.2) is 28.9 Å². The maximum Gasteiger partial charge on any atom is 0.227 e. The number of carbonyl (C=O) groups excluding carboxylic acids is 1. The van der Waals surface area contributed by atoms with Crippen molar-refractivity contribution in [3.8, 4) is 0 Å². The number of amides is 1. The van der Waals surface area contributed by atoms with Gasteiger partial charge in [0.2, 0.25) is 5.91 Å². The molecule has 1 aromatic carbocycles. The molecule has 1 aromatic heterocycles. The smallest absolute Gasteiger partial charge is 0.227 e. The van der Waals surface area contributed by atoms with E-state index in [1.807, 2.05) is 49.9 Å². The molecule has 21 heavy (non-hydrogen) atoms. The fraction of sp³-hybridized carbons (Fsp3) is 0.529. The monoisotopic (exact) mass is 286 g/mol. The highest BCUT2D eigenvalue weighted by Gasteiger charge is 2.32. The lowest BCUT2D eigenvalue weighted by Crippen LogP contribution is -2.43. The third-order valence-corrected chi connectivity index (χ3v) is 4.08. The molecule has 1 aliphatic rings. The summed E-state index contributed by atoms with van der Waals surface area (Å²) in [4.78, 5) is 18.8. The molecule has 0 aliphatic carbocycles. The number of hydrogen-bond donors (Lipinski definition) is 0. The lowest BCUT2D eigenvalue weighted by atomic mass is 9.91. The van der Waals surface area contributed by atoms with Crippen molar-refractivity contribution < 1.29 is 9.21 Å². The molecule has 0 N–H and O–H groups in total. The Hall–Kier alpha value is -1.84. The minimum atomic E-state index is -0.301. The molecule has 0 atom stereocenters. The van der Waals surface area contributed by atoms with E-state index in [1.165, 1.54) is 0 Å². The molecule has 0 bridgehead atoms. The van der Waals surface area contributed by atoms with E-state index in [9.17, 15) is 4.79 Å². The Kier molecular flexibility index (Phi) is 3.47. The number of benzene rings is 1. The fourth-order valence-corrected chi connectivity index (χ4v) is 2.87. The Morgan fingerprint density at radius 1 is 1.24 bits per heavy atom. The van der Waals surface area contributed by atoms with Crippen molar-refractivity contribution in [2.75, 3.05) is 13.1 Å². The van der Waals surface area contributed by atoms with Crippen molar-refractivity contribution in [1.82, 2.24) is 9.88 Å². The molecule has 2 aromatic rings. The molecule has 4 heteroatoms. The van der Waals surface area contributed by atoms with Gasteiger partial charge in [0.25, 0.3) is 0 Å². The van der Waals surface area contributed by atoms with E-state index in [0.29, 0.717) is 5.92 Å². The SMILES string of the molecule is CC(C)(C)C(=O)N1CCC(c2nc3ccccc3o2)CC1. The van der Waals surface area contributed by atoms with Crippen LogP contribution in [0.15, 0.2) is 28.7 Å². The molecule has 1 amide bonds. The zero-order valence-electron chi connectivity index (χ0n) is 12.9. The van der Waals surface area contributed by atoms with Crippen molar-refractivity contribution in [2.45, 2.75) is 39.5 Å². The molecule has 0 unspecified atom stereocenters. The predicted octanol–water partition coefficient (Wildman–Crippen LogP) is 3.58. The summed E-state index contributed by atoms with van der Waals surface area (Å²) < 4.78 is 5.86. The number of carbonyl (C=O) groups is 1. The van der Waals surface area contributed by atoms with Crippen molar-refractivity contribution in [3.63, 3.8) is 0 Å². The molecule has 0 radical (unpaired) electrons. The first kappa shape index (κ1) is 14.1. The number of likely N-dealkylation sites (tertiary alicyclic amines) is 1. The summed E-state index contributed by atoms with van der Waals surface area (Å²) in [5.74, 6) is 1.37. The third-order valence-electron chi connectivity index (χ3n) is 4.08. The van der Waals surface area contributed by atoms with Gasteiger partial charge in [-0.2, -0.15) is 0 Å². The van der Waals surface area contributed by atoms with E-state index in [-0.39, 0.29) is 11.3 Å². The average Bonchev–Trinajstić information content (AvgIpc) is 2.89. The normalized spacial score (nSPS) is 17.4. The Morgan fingerprint density at radius 3 is 2.52 bits per heavy atom. The molecule has 0 saturated carbocycles. The molecule has 112 valence electrons. The molecule has 3 rings (SSSR count). The van der Waals surface area contributed by atoms with Crippen molar-refractivity contribution >= 4 is 17.0 Å². The van der Waals surface area contributed by atoms with E-state index >= 15 is 0 Å². The van der Waals surface area contributed by atoms with E-state index < -0.39 is 0 Å². The van der Waals surface area contributed by atoms with Gasteiger partial charge in [-0.3, -0.25) is 4.79 Å². The molecule has 0 spiro atoms. The van der Waals surface area contributed by atoms with Crippen LogP contribution < -0.4 is 0 Å². The molecule has 1 fully saturated rings. The van der Waals surface area contributed by atoms with Crippen LogP contribution in [-0.2, 0) is 4.79 Å². The van der Waals surface area contributed by atoms with Crippen LogP contribution in [0, 0.1) is 5.41 Å². The number of oxazole rings is 1. The highest BCUT2D eigenvalue weighted by molar-refractivity contribution is 5.81.